The molecule has 0 unspecified atom stereocenters. The Balaban J connectivity index is 1.77. The fourth-order valence-corrected chi connectivity index (χ4v) is 3.69. The van der Waals surface area contributed by atoms with E-state index in [4.69, 9.17) is 11.6 Å². The van der Waals surface area contributed by atoms with Crippen molar-refractivity contribution >= 4 is 29.0 Å². The summed E-state index contributed by atoms with van der Waals surface area (Å²) in [5.41, 5.74) is 4.09. The molecule has 0 bridgehead atoms. The average molecular weight is 439 g/mol. The standard InChI is InChI=1S/C25H24ClFN2O2/c1-4-24(31)29(3)22-11-8-18(15-21(22)27)20-10-7-19(14-16(20)2)23(30)12-9-17-6-5-13-28-25(17)26/h5-8,10-11,13-15H,4,9,12H2,1-3H3. The molecular weight excluding hydrogens is 415 g/mol. The molecule has 4 nitrogen and oxygen atoms in total. The van der Waals surface area contributed by atoms with E-state index in [1.54, 1.807) is 44.4 Å². The zero-order valence-electron chi connectivity index (χ0n) is 17.8. The number of aryl methyl sites for hydroxylation is 2. The van der Waals surface area contributed by atoms with Crippen molar-refractivity contribution in [2.45, 2.75) is 33.1 Å². The molecule has 0 aliphatic rings. The molecule has 0 spiro atoms. The monoisotopic (exact) mass is 438 g/mol. The quantitative estimate of drug-likeness (QED) is 0.334. The lowest BCUT2D eigenvalue weighted by atomic mass is 9.95. The van der Waals surface area contributed by atoms with Crippen molar-refractivity contribution in [3.05, 3.63) is 82.4 Å². The van der Waals surface area contributed by atoms with E-state index >= 15 is 0 Å². The van der Waals surface area contributed by atoms with Crippen molar-refractivity contribution in [2.24, 2.45) is 0 Å². The van der Waals surface area contributed by atoms with Crippen LogP contribution in [0, 0.1) is 12.7 Å². The van der Waals surface area contributed by atoms with E-state index in [9.17, 15) is 14.0 Å². The highest BCUT2D eigenvalue weighted by molar-refractivity contribution is 6.30. The molecule has 0 atom stereocenters. The van der Waals surface area contributed by atoms with E-state index in [1.807, 2.05) is 25.1 Å². The Kier molecular flexibility index (Phi) is 7.18. The van der Waals surface area contributed by atoms with Crippen molar-refractivity contribution < 1.29 is 14.0 Å². The SMILES string of the molecule is CCC(=O)N(C)c1ccc(-c2ccc(C(=O)CCc3cccnc3Cl)cc2C)cc1F. The van der Waals surface area contributed by atoms with Gasteiger partial charge in [-0.3, -0.25) is 9.59 Å². The number of nitrogens with zero attached hydrogens (tertiary/aromatic N) is 2. The van der Waals surface area contributed by atoms with Gasteiger partial charge in [0.05, 0.1) is 5.69 Å². The minimum Gasteiger partial charge on any atom is -0.313 e. The molecule has 0 fully saturated rings. The highest BCUT2D eigenvalue weighted by Gasteiger charge is 2.15. The first-order valence-corrected chi connectivity index (χ1v) is 10.5. The molecular formula is C25H24ClFN2O2. The number of hydrogen-bond acceptors (Lipinski definition) is 3. The van der Waals surface area contributed by atoms with Gasteiger partial charge in [-0.25, -0.2) is 9.37 Å². The van der Waals surface area contributed by atoms with Crippen LogP contribution in [-0.4, -0.2) is 23.7 Å². The van der Waals surface area contributed by atoms with Gasteiger partial charge in [0, 0.05) is 31.6 Å². The first kappa shape index (κ1) is 22.6. The number of carbonyl (C=O) groups excluding carboxylic acids is 2. The number of pyridine rings is 1. The summed E-state index contributed by atoms with van der Waals surface area (Å²) in [6.07, 6.45) is 2.76. The number of ketones is 1. The maximum Gasteiger partial charge on any atom is 0.226 e. The van der Waals surface area contributed by atoms with Crippen LogP contribution < -0.4 is 4.90 Å². The third kappa shape index (κ3) is 5.17. The molecule has 3 rings (SSSR count). The molecule has 1 amide bonds. The summed E-state index contributed by atoms with van der Waals surface area (Å²) >= 11 is 6.06. The predicted octanol–water partition coefficient (Wildman–Crippen LogP) is 6.04. The summed E-state index contributed by atoms with van der Waals surface area (Å²) in [6.45, 7) is 3.63. The number of Topliss-reactive ketones (excluding diaryl/α,β-unsaturated/α-hetero) is 1. The Bertz CT molecular complexity index is 1130. The van der Waals surface area contributed by atoms with E-state index in [-0.39, 0.29) is 17.4 Å². The summed E-state index contributed by atoms with van der Waals surface area (Å²) in [5.74, 6) is -0.608. The zero-order valence-corrected chi connectivity index (χ0v) is 18.5. The predicted molar refractivity (Wildman–Crippen MR) is 122 cm³/mol. The summed E-state index contributed by atoms with van der Waals surface area (Å²) in [6, 6.07) is 13.9. The topological polar surface area (TPSA) is 50.3 Å². The number of halogens is 2. The maximum absolute atomic E-state index is 14.7. The first-order chi connectivity index (χ1) is 14.8. The lowest BCUT2D eigenvalue weighted by Crippen LogP contribution is -2.25. The summed E-state index contributed by atoms with van der Waals surface area (Å²) in [5, 5.41) is 0.415. The van der Waals surface area contributed by atoms with Gasteiger partial charge in [-0.05, 0) is 59.9 Å². The zero-order chi connectivity index (χ0) is 22.5. The Hall–Kier alpha value is -3.05. The molecule has 6 heteroatoms. The molecule has 31 heavy (non-hydrogen) atoms. The Labute approximate surface area is 186 Å². The smallest absolute Gasteiger partial charge is 0.226 e. The van der Waals surface area contributed by atoms with Crippen molar-refractivity contribution in [3.8, 4) is 11.1 Å². The molecule has 3 aromatic rings. The van der Waals surface area contributed by atoms with Gasteiger partial charge in [0.25, 0.3) is 0 Å². The third-order valence-electron chi connectivity index (χ3n) is 5.30. The average Bonchev–Trinajstić information content (AvgIpc) is 2.77. The molecule has 0 saturated heterocycles. The van der Waals surface area contributed by atoms with E-state index in [0.29, 0.717) is 35.5 Å². The molecule has 0 saturated carbocycles. The molecule has 1 heterocycles. The molecule has 2 aromatic carbocycles. The van der Waals surface area contributed by atoms with Gasteiger partial charge in [0.15, 0.2) is 5.78 Å². The normalized spacial score (nSPS) is 10.7. The van der Waals surface area contributed by atoms with Gasteiger partial charge in [-0.15, -0.1) is 0 Å². The fourth-order valence-electron chi connectivity index (χ4n) is 3.48. The number of carbonyl (C=O) groups is 2. The maximum atomic E-state index is 14.7. The summed E-state index contributed by atoms with van der Waals surface area (Å²) in [4.78, 5) is 29.8. The van der Waals surface area contributed by atoms with Gasteiger partial charge in [0.1, 0.15) is 11.0 Å². The van der Waals surface area contributed by atoms with Crippen molar-refractivity contribution in [3.63, 3.8) is 0 Å². The van der Waals surface area contributed by atoms with E-state index in [2.05, 4.69) is 4.98 Å². The van der Waals surface area contributed by atoms with Crippen molar-refractivity contribution in [1.82, 2.24) is 4.98 Å². The Morgan fingerprint density at radius 3 is 2.55 bits per heavy atom. The minimum absolute atomic E-state index is 0.0100. The van der Waals surface area contributed by atoms with Gasteiger partial charge in [-0.1, -0.05) is 42.8 Å². The van der Waals surface area contributed by atoms with Crippen molar-refractivity contribution in [2.75, 3.05) is 11.9 Å². The van der Waals surface area contributed by atoms with Crippen LogP contribution in [0.2, 0.25) is 5.15 Å². The number of aromatic nitrogens is 1. The summed E-state index contributed by atoms with van der Waals surface area (Å²) in [7, 11) is 1.56. The van der Waals surface area contributed by atoms with Crippen LogP contribution in [0.15, 0.2) is 54.7 Å². The summed E-state index contributed by atoms with van der Waals surface area (Å²) < 4.78 is 14.7. The molecule has 0 N–H and O–H groups in total. The number of amides is 1. The van der Waals surface area contributed by atoms with Gasteiger partial charge in [0.2, 0.25) is 5.91 Å². The van der Waals surface area contributed by atoms with Crippen LogP contribution in [0.1, 0.15) is 41.3 Å². The largest absolute Gasteiger partial charge is 0.313 e. The Morgan fingerprint density at radius 2 is 1.90 bits per heavy atom. The first-order valence-electron chi connectivity index (χ1n) is 10.1. The second-order valence-electron chi connectivity index (χ2n) is 7.38. The highest BCUT2D eigenvalue weighted by Crippen LogP contribution is 2.29. The number of hydrogen-bond donors (Lipinski definition) is 0. The highest BCUT2D eigenvalue weighted by atomic mass is 35.5. The molecule has 0 radical (unpaired) electrons. The molecule has 160 valence electrons. The second-order valence-corrected chi connectivity index (χ2v) is 7.74. The van der Waals surface area contributed by atoms with E-state index in [0.717, 1.165) is 16.7 Å². The fraction of sp³-hybridized carbons (Fsp3) is 0.240. The number of benzene rings is 2. The lowest BCUT2D eigenvalue weighted by molar-refractivity contribution is -0.118. The van der Waals surface area contributed by atoms with Crippen LogP contribution >= 0.6 is 11.6 Å². The number of rotatable bonds is 7. The van der Waals surface area contributed by atoms with Gasteiger partial charge >= 0.3 is 0 Å². The third-order valence-corrected chi connectivity index (χ3v) is 5.64. The van der Waals surface area contributed by atoms with Crippen LogP contribution in [0.25, 0.3) is 11.1 Å². The number of anilines is 1. The van der Waals surface area contributed by atoms with Gasteiger partial charge < -0.3 is 4.90 Å². The minimum atomic E-state index is -0.463. The molecule has 1 aromatic heterocycles. The molecule has 0 aliphatic heterocycles. The lowest BCUT2D eigenvalue weighted by Gasteiger charge is -2.18. The second kappa shape index (κ2) is 9.84. The van der Waals surface area contributed by atoms with Crippen LogP contribution in [-0.2, 0) is 11.2 Å². The van der Waals surface area contributed by atoms with Crippen LogP contribution in [0.5, 0.6) is 0 Å². The van der Waals surface area contributed by atoms with E-state index in [1.165, 1.54) is 11.0 Å². The Morgan fingerprint density at radius 1 is 1.13 bits per heavy atom. The van der Waals surface area contributed by atoms with Crippen LogP contribution in [0.3, 0.4) is 0 Å². The van der Waals surface area contributed by atoms with E-state index < -0.39 is 5.82 Å². The van der Waals surface area contributed by atoms with Crippen LogP contribution in [0.4, 0.5) is 10.1 Å². The molecule has 0 aliphatic carbocycles. The van der Waals surface area contributed by atoms with Gasteiger partial charge in [-0.2, -0.15) is 0 Å². The van der Waals surface area contributed by atoms with Crippen molar-refractivity contribution in [1.29, 1.82) is 0 Å².